The van der Waals surface area contributed by atoms with E-state index in [0.29, 0.717) is 11.3 Å². The summed E-state index contributed by atoms with van der Waals surface area (Å²) in [6.07, 6.45) is 2.88. The predicted octanol–water partition coefficient (Wildman–Crippen LogP) is 5.49. The Kier molecular flexibility index (Phi) is 8.76. The zero-order valence-corrected chi connectivity index (χ0v) is 23.2. The molecule has 0 bridgehead atoms. The lowest BCUT2D eigenvalue weighted by molar-refractivity contribution is -0.157. The molecule has 3 rings (SSSR count). The number of carbonyl (C=O) groups is 1. The van der Waals surface area contributed by atoms with Crippen molar-refractivity contribution < 1.29 is 22.7 Å². The number of carbonyl (C=O) groups excluding carboxylic acids is 1. The van der Waals surface area contributed by atoms with E-state index in [-0.39, 0.29) is 30.0 Å². The lowest BCUT2D eigenvalue weighted by Gasteiger charge is -2.24. The topological polar surface area (TPSA) is 85.8 Å². The van der Waals surface area contributed by atoms with E-state index in [2.05, 4.69) is 25.8 Å². The van der Waals surface area contributed by atoms with Crippen molar-refractivity contribution >= 4 is 16.0 Å². The summed E-state index contributed by atoms with van der Waals surface area (Å²) in [5.41, 5.74) is 2.01. The maximum Gasteiger partial charge on any atom is 0.344 e. The molecule has 1 heterocycles. The van der Waals surface area contributed by atoms with Crippen LogP contribution in [0.2, 0.25) is 0 Å². The highest BCUT2D eigenvalue weighted by Crippen LogP contribution is 2.27. The van der Waals surface area contributed by atoms with Gasteiger partial charge in [-0.25, -0.2) is 13.2 Å². The molecular weight excluding hydrogens is 488 g/mol. The number of nitrogens with zero attached hydrogens (tertiary/aromatic N) is 2. The number of pyridine rings is 1. The van der Waals surface area contributed by atoms with Crippen LogP contribution in [-0.4, -0.2) is 35.9 Å². The van der Waals surface area contributed by atoms with Gasteiger partial charge >= 0.3 is 5.97 Å². The Morgan fingerprint density at radius 2 is 1.57 bits per heavy atom. The predicted molar refractivity (Wildman–Crippen MR) is 144 cm³/mol. The van der Waals surface area contributed by atoms with Crippen LogP contribution in [0, 0.1) is 0 Å². The molecule has 0 aliphatic heterocycles. The highest BCUT2D eigenvalue weighted by atomic mass is 32.2. The van der Waals surface area contributed by atoms with Crippen molar-refractivity contribution in [1.29, 1.82) is 0 Å². The van der Waals surface area contributed by atoms with Gasteiger partial charge in [-0.3, -0.25) is 4.98 Å². The van der Waals surface area contributed by atoms with E-state index in [0.717, 1.165) is 5.56 Å². The average molecular weight is 525 g/mol. The van der Waals surface area contributed by atoms with Crippen LogP contribution in [0.25, 0.3) is 0 Å². The molecule has 2 aromatic carbocycles. The Labute approximate surface area is 220 Å². The second kappa shape index (κ2) is 11.4. The summed E-state index contributed by atoms with van der Waals surface area (Å²) in [7, 11) is -3.88. The molecule has 0 aliphatic carbocycles. The average Bonchev–Trinajstić information content (AvgIpc) is 2.82. The first kappa shape index (κ1) is 28.3. The second-order valence-corrected chi connectivity index (χ2v) is 12.8. The summed E-state index contributed by atoms with van der Waals surface area (Å²) in [4.78, 5) is 16.3. The largest absolute Gasteiger partial charge is 0.482 e. The molecule has 8 heteroatoms. The summed E-state index contributed by atoms with van der Waals surface area (Å²) in [5, 5.41) is 0. The number of para-hydroxylation sites is 1. The SMILES string of the molecule is CC(C)(C)OC(=O)COc1ccccc1CN(Cc1ccc(C(C)(C)C)cc1)S(=O)(=O)c1cccnc1. The molecule has 198 valence electrons. The third-order valence-electron chi connectivity index (χ3n) is 5.54. The van der Waals surface area contributed by atoms with Gasteiger partial charge in [-0.2, -0.15) is 4.31 Å². The first-order valence-electron chi connectivity index (χ1n) is 12.2. The van der Waals surface area contributed by atoms with Crippen molar-refractivity contribution in [2.24, 2.45) is 0 Å². The lowest BCUT2D eigenvalue weighted by atomic mass is 9.87. The molecule has 0 atom stereocenters. The fourth-order valence-electron chi connectivity index (χ4n) is 3.66. The first-order chi connectivity index (χ1) is 17.3. The number of aromatic nitrogens is 1. The van der Waals surface area contributed by atoms with E-state index in [9.17, 15) is 13.2 Å². The molecule has 0 amide bonds. The van der Waals surface area contributed by atoms with Gasteiger partial charge in [-0.05, 0) is 55.5 Å². The lowest BCUT2D eigenvalue weighted by Crippen LogP contribution is -2.31. The molecule has 37 heavy (non-hydrogen) atoms. The highest BCUT2D eigenvalue weighted by molar-refractivity contribution is 7.89. The van der Waals surface area contributed by atoms with Crippen molar-refractivity contribution in [3.8, 4) is 5.75 Å². The van der Waals surface area contributed by atoms with Crippen molar-refractivity contribution in [3.05, 3.63) is 89.7 Å². The molecule has 0 fully saturated rings. The van der Waals surface area contributed by atoms with E-state index in [1.165, 1.54) is 28.3 Å². The van der Waals surface area contributed by atoms with Crippen molar-refractivity contribution in [3.63, 3.8) is 0 Å². The smallest absolute Gasteiger partial charge is 0.344 e. The quantitative estimate of drug-likeness (QED) is 0.344. The number of sulfonamides is 1. The van der Waals surface area contributed by atoms with Crippen molar-refractivity contribution in [1.82, 2.24) is 9.29 Å². The molecule has 0 spiro atoms. The number of rotatable bonds is 9. The van der Waals surface area contributed by atoms with Gasteiger partial charge in [0.15, 0.2) is 6.61 Å². The molecule has 0 unspecified atom stereocenters. The van der Waals surface area contributed by atoms with Gasteiger partial charge in [-0.1, -0.05) is 63.2 Å². The molecular formula is C29H36N2O5S. The van der Waals surface area contributed by atoms with Crippen LogP contribution in [0.5, 0.6) is 5.75 Å². The fraction of sp³-hybridized carbons (Fsp3) is 0.379. The van der Waals surface area contributed by atoms with Gasteiger partial charge in [0.1, 0.15) is 16.2 Å². The van der Waals surface area contributed by atoms with Crippen LogP contribution in [0.15, 0.2) is 78.0 Å². The van der Waals surface area contributed by atoms with Gasteiger partial charge in [0.2, 0.25) is 10.0 Å². The Morgan fingerprint density at radius 3 is 2.16 bits per heavy atom. The summed E-state index contributed by atoms with van der Waals surface area (Å²) >= 11 is 0. The van der Waals surface area contributed by atoms with Crippen LogP contribution in [0.1, 0.15) is 58.2 Å². The van der Waals surface area contributed by atoms with Crippen LogP contribution in [0.4, 0.5) is 0 Å². The summed E-state index contributed by atoms with van der Waals surface area (Å²) in [6, 6.07) is 18.2. The van der Waals surface area contributed by atoms with E-state index in [4.69, 9.17) is 9.47 Å². The summed E-state index contributed by atoms with van der Waals surface area (Å²) < 4.78 is 39.8. The van der Waals surface area contributed by atoms with E-state index in [1.807, 2.05) is 30.3 Å². The zero-order valence-electron chi connectivity index (χ0n) is 22.4. The molecule has 0 N–H and O–H groups in total. The molecule has 0 saturated heterocycles. The molecule has 0 saturated carbocycles. The van der Waals surface area contributed by atoms with Crippen molar-refractivity contribution in [2.75, 3.05) is 6.61 Å². The number of hydrogen-bond donors (Lipinski definition) is 0. The minimum Gasteiger partial charge on any atom is -0.482 e. The van der Waals surface area contributed by atoms with Gasteiger partial charge in [0, 0.05) is 31.0 Å². The van der Waals surface area contributed by atoms with Gasteiger partial charge in [0.05, 0.1) is 0 Å². The zero-order chi connectivity index (χ0) is 27.3. The first-order valence-corrected chi connectivity index (χ1v) is 13.6. The standard InChI is InChI=1S/C29H36N2O5S/c1-28(2,3)24-15-13-22(14-16-24)19-31(37(33,34)25-11-9-17-30-18-25)20-23-10-7-8-12-26(23)35-21-27(32)36-29(4,5)6/h7-18H,19-21H2,1-6H3. The fourth-order valence-corrected chi connectivity index (χ4v) is 5.03. The molecule has 1 aromatic heterocycles. The van der Waals surface area contributed by atoms with Crippen LogP contribution < -0.4 is 4.74 Å². The molecule has 7 nitrogen and oxygen atoms in total. The maximum atomic E-state index is 13.7. The molecule has 0 aliphatic rings. The normalized spacial score (nSPS) is 12.4. The molecule has 3 aromatic rings. The third kappa shape index (κ3) is 8.13. The van der Waals surface area contributed by atoms with E-state index < -0.39 is 21.6 Å². The summed E-state index contributed by atoms with van der Waals surface area (Å²) in [6.45, 7) is 11.7. The van der Waals surface area contributed by atoms with E-state index >= 15 is 0 Å². The highest BCUT2D eigenvalue weighted by Gasteiger charge is 2.27. The second-order valence-electron chi connectivity index (χ2n) is 10.9. The summed E-state index contributed by atoms with van der Waals surface area (Å²) in [5.74, 6) is -0.0797. The molecule has 0 radical (unpaired) electrons. The Balaban J connectivity index is 1.90. The van der Waals surface area contributed by atoms with Gasteiger partial charge < -0.3 is 9.47 Å². The van der Waals surface area contributed by atoms with Gasteiger partial charge in [0.25, 0.3) is 0 Å². The Bertz CT molecular complexity index is 1290. The van der Waals surface area contributed by atoms with Crippen LogP contribution in [-0.2, 0) is 38.1 Å². The Hall–Kier alpha value is -3.23. The monoisotopic (exact) mass is 524 g/mol. The number of benzene rings is 2. The maximum absolute atomic E-state index is 13.7. The number of esters is 1. The minimum atomic E-state index is -3.88. The minimum absolute atomic E-state index is 0.00951. The third-order valence-corrected chi connectivity index (χ3v) is 7.31. The van der Waals surface area contributed by atoms with Gasteiger partial charge in [-0.15, -0.1) is 0 Å². The van der Waals surface area contributed by atoms with Crippen LogP contribution in [0.3, 0.4) is 0 Å². The number of ether oxygens (including phenoxy) is 2. The van der Waals surface area contributed by atoms with Crippen molar-refractivity contribution in [2.45, 2.75) is 70.5 Å². The van der Waals surface area contributed by atoms with E-state index in [1.54, 1.807) is 45.0 Å². The van der Waals surface area contributed by atoms with Crippen LogP contribution >= 0.6 is 0 Å². The Morgan fingerprint density at radius 1 is 0.892 bits per heavy atom. The number of hydrogen-bond acceptors (Lipinski definition) is 6.